The zero-order valence-corrected chi connectivity index (χ0v) is 15.4. The smallest absolute Gasteiger partial charge is 0.240 e. The quantitative estimate of drug-likeness (QED) is 0.731. The third-order valence-electron chi connectivity index (χ3n) is 3.81. The third kappa shape index (κ3) is 3.95. The van der Waals surface area contributed by atoms with Crippen LogP contribution >= 0.6 is 11.3 Å². The van der Waals surface area contributed by atoms with E-state index in [9.17, 15) is 12.8 Å². The van der Waals surface area contributed by atoms with Crippen LogP contribution in [0.5, 0.6) is 0 Å². The first-order chi connectivity index (χ1) is 11.9. The number of hydrogen-bond acceptors (Lipinski definition) is 4. The van der Waals surface area contributed by atoms with E-state index in [4.69, 9.17) is 0 Å². The number of benzene rings is 2. The number of thiazole rings is 1. The summed E-state index contributed by atoms with van der Waals surface area (Å²) >= 11 is 1.47. The molecule has 7 heteroatoms. The summed E-state index contributed by atoms with van der Waals surface area (Å²) in [6, 6.07) is 12.7. The van der Waals surface area contributed by atoms with Crippen molar-refractivity contribution in [3.8, 4) is 10.6 Å². The molecule has 0 bridgehead atoms. The van der Waals surface area contributed by atoms with Crippen molar-refractivity contribution in [3.63, 3.8) is 0 Å². The lowest BCUT2D eigenvalue weighted by atomic mass is 10.1. The first-order valence-electron chi connectivity index (χ1n) is 7.64. The fourth-order valence-corrected chi connectivity index (χ4v) is 4.56. The normalized spacial score (nSPS) is 11.6. The summed E-state index contributed by atoms with van der Waals surface area (Å²) in [7, 11) is -3.69. The predicted molar refractivity (Wildman–Crippen MR) is 97.4 cm³/mol. The Kier molecular flexibility index (Phi) is 4.99. The van der Waals surface area contributed by atoms with Gasteiger partial charge in [-0.25, -0.2) is 22.5 Å². The van der Waals surface area contributed by atoms with Gasteiger partial charge in [-0.15, -0.1) is 11.3 Å². The first-order valence-corrected chi connectivity index (χ1v) is 9.94. The van der Waals surface area contributed by atoms with Gasteiger partial charge in [0.25, 0.3) is 0 Å². The van der Waals surface area contributed by atoms with Crippen LogP contribution in [0, 0.1) is 19.7 Å². The van der Waals surface area contributed by atoms with E-state index in [1.807, 2.05) is 38.1 Å². The Labute approximate surface area is 150 Å². The van der Waals surface area contributed by atoms with Crippen LogP contribution in [0.3, 0.4) is 0 Å². The fraction of sp³-hybridized carbons (Fsp3) is 0.167. The summed E-state index contributed by atoms with van der Waals surface area (Å²) in [5, 5.41) is 0.867. The average molecular weight is 376 g/mol. The summed E-state index contributed by atoms with van der Waals surface area (Å²) in [4.78, 5) is 5.45. The highest BCUT2D eigenvalue weighted by Crippen LogP contribution is 2.30. The van der Waals surface area contributed by atoms with Gasteiger partial charge in [-0.3, -0.25) is 0 Å². The maximum absolute atomic E-state index is 13.0. The maximum Gasteiger partial charge on any atom is 0.240 e. The van der Waals surface area contributed by atoms with E-state index in [1.165, 1.54) is 23.5 Å². The van der Waals surface area contributed by atoms with Crippen LogP contribution < -0.4 is 4.72 Å². The molecular weight excluding hydrogens is 359 g/mol. The van der Waals surface area contributed by atoms with Crippen LogP contribution in [-0.2, 0) is 16.6 Å². The van der Waals surface area contributed by atoms with Crippen molar-refractivity contribution in [3.05, 3.63) is 70.5 Å². The van der Waals surface area contributed by atoms with Crippen molar-refractivity contribution >= 4 is 21.4 Å². The second-order valence-corrected chi connectivity index (χ2v) is 8.47. The number of nitrogens with zero attached hydrogens (tertiary/aromatic N) is 1. The van der Waals surface area contributed by atoms with Gasteiger partial charge in [0.2, 0.25) is 10.0 Å². The van der Waals surface area contributed by atoms with E-state index < -0.39 is 15.8 Å². The molecule has 0 unspecified atom stereocenters. The van der Waals surface area contributed by atoms with Gasteiger partial charge in [0.05, 0.1) is 10.6 Å². The van der Waals surface area contributed by atoms with Crippen molar-refractivity contribution in [2.45, 2.75) is 25.3 Å². The average Bonchev–Trinajstić information content (AvgIpc) is 2.95. The Morgan fingerprint density at radius 1 is 1.08 bits per heavy atom. The molecule has 25 heavy (non-hydrogen) atoms. The molecule has 1 N–H and O–H groups in total. The van der Waals surface area contributed by atoms with Gasteiger partial charge in [0.1, 0.15) is 10.8 Å². The molecule has 0 radical (unpaired) electrons. The fourth-order valence-electron chi connectivity index (χ4n) is 2.38. The summed E-state index contributed by atoms with van der Waals surface area (Å²) in [6.45, 7) is 4.03. The molecule has 2 aromatic carbocycles. The van der Waals surface area contributed by atoms with Crippen LogP contribution in [0.2, 0.25) is 0 Å². The van der Waals surface area contributed by atoms with Gasteiger partial charge in [0.15, 0.2) is 0 Å². The molecule has 0 fully saturated rings. The molecule has 0 amide bonds. The first kappa shape index (κ1) is 17.7. The minimum atomic E-state index is -3.69. The molecule has 0 atom stereocenters. The van der Waals surface area contributed by atoms with Crippen molar-refractivity contribution in [2.24, 2.45) is 0 Å². The Balaban J connectivity index is 1.80. The van der Waals surface area contributed by atoms with Crippen LogP contribution in [0.1, 0.15) is 16.1 Å². The van der Waals surface area contributed by atoms with E-state index in [0.29, 0.717) is 0 Å². The minimum Gasteiger partial charge on any atom is -0.241 e. The predicted octanol–water partition coefficient (Wildman–Crippen LogP) is 4.04. The summed E-state index contributed by atoms with van der Waals surface area (Å²) in [5.41, 5.74) is 2.96. The van der Waals surface area contributed by atoms with E-state index in [-0.39, 0.29) is 11.4 Å². The van der Waals surface area contributed by atoms with Crippen molar-refractivity contribution < 1.29 is 12.8 Å². The number of aryl methyl sites for hydroxylation is 2. The molecule has 1 aromatic heterocycles. The number of sulfonamides is 1. The largest absolute Gasteiger partial charge is 0.241 e. The minimum absolute atomic E-state index is 0.0372. The highest BCUT2D eigenvalue weighted by atomic mass is 32.2. The van der Waals surface area contributed by atoms with Crippen LogP contribution in [-0.4, -0.2) is 13.4 Å². The summed E-state index contributed by atoms with van der Waals surface area (Å²) in [6.07, 6.45) is 0. The van der Waals surface area contributed by atoms with Gasteiger partial charge in [0, 0.05) is 17.0 Å². The number of halogens is 1. The van der Waals surface area contributed by atoms with Gasteiger partial charge in [-0.2, -0.15) is 0 Å². The summed E-state index contributed by atoms with van der Waals surface area (Å²) in [5.74, 6) is -0.472. The standard InChI is InChI=1S/C18H17FN2O2S2/c1-12-5-3-4-6-16(12)18-21-13(2)17(24-18)11-20-25(22,23)15-9-7-14(19)8-10-15/h3-10,20H,11H2,1-2H3. The number of aromatic nitrogens is 1. The third-order valence-corrected chi connectivity index (χ3v) is 6.42. The monoisotopic (exact) mass is 376 g/mol. The van der Waals surface area contributed by atoms with Gasteiger partial charge in [-0.05, 0) is 43.7 Å². The second kappa shape index (κ2) is 7.03. The lowest BCUT2D eigenvalue weighted by molar-refractivity contribution is 0.580. The highest BCUT2D eigenvalue weighted by Gasteiger charge is 2.16. The Hall–Kier alpha value is -2.09. The molecule has 0 saturated heterocycles. The molecule has 3 rings (SSSR count). The molecule has 0 aliphatic carbocycles. The molecule has 0 saturated carbocycles. The molecule has 3 aromatic rings. The molecule has 1 heterocycles. The van der Waals surface area contributed by atoms with Crippen LogP contribution in [0.15, 0.2) is 53.4 Å². The second-order valence-electron chi connectivity index (χ2n) is 5.62. The van der Waals surface area contributed by atoms with Gasteiger partial charge < -0.3 is 0 Å². The van der Waals surface area contributed by atoms with E-state index in [2.05, 4.69) is 9.71 Å². The summed E-state index contributed by atoms with van der Waals surface area (Å²) < 4.78 is 40.1. The lowest BCUT2D eigenvalue weighted by Crippen LogP contribution is -2.23. The van der Waals surface area contributed by atoms with Crippen LogP contribution in [0.4, 0.5) is 4.39 Å². The molecule has 0 aliphatic heterocycles. The van der Waals surface area contributed by atoms with E-state index >= 15 is 0 Å². The van der Waals surface area contributed by atoms with Gasteiger partial charge in [-0.1, -0.05) is 24.3 Å². The zero-order chi connectivity index (χ0) is 18.0. The SMILES string of the molecule is Cc1ccccc1-c1nc(C)c(CNS(=O)(=O)c2ccc(F)cc2)s1. The van der Waals surface area contributed by atoms with Crippen molar-refractivity contribution in [2.75, 3.05) is 0 Å². The Morgan fingerprint density at radius 3 is 2.44 bits per heavy atom. The van der Waals surface area contributed by atoms with E-state index in [0.717, 1.165) is 38.8 Å². The van der Waals surface area contributed by atoms with Crippen molar-refractivity contribution in [1.29, 1.82) is 0 Å². The molecule has 4 nitrogen and oxygen atoms in total. The molecule has 0 spiro atoms. The number of nitrogens with one attached hydrogen (secondary N) is 1. The number of rotatable bonds is 5. The lowest BCUT2D eigenvalue weighted by Gasteiger charge is -2.06. The molecule has 130 valence electrons. The Bertz CT molecular complexity index is 996. The number of hydrogen-bond donors (Lipinski definition) is 1. The molecule has 0 aliphatic rings. The van der Waals surface area contributed by atoms with Crippen molar-refractivity contribution in [1.82, 2.24) is 9.71 Å². The molecular formula is C18H17FN2O2S2. The highest BCUT2D eigenvalue weighted by molar-refractivity contribution is 7.89. The zero-order valence-electron chi connectivity index (χ0n) is 13.8. The van der Waals surface area contributed by atoms with E-state index in [1.54, 1.807) is 0 Å². The topological polar surface area (TPSA) is 59.1 Å². The van der Waals surface area contributed by atoms with Gasteiger partial charge >= 0.3 is 0 Å². The maximum atomic E-state index is 13.0. The Morgan fingerprint density at radius 2 is 1.76 bits per heavy atom. The van der Waals surface area contributed by atoms with Crippen LogP contribution in [0.25, 0.3) is 10.6 Å².